The van der Waals surface area contributed by atoms with Crippen molar-refractivity contribution in [1.82, 2.24) is 20.4 Å². The van der Waals surface area contributed by atoms with E-state index in [2.05, 4.69) is 28.6 Å². The number of benzene rings is 1. The Morgan fingerprint density at radius 3 is 2.68 bits per heavy atom. The van der Waals surface area contributed by atoms with Gasteiger partial charge in [-0.25, -0.2) is 0 Å². The van der Waals surface area contributed by atoms with Crippen LogP contribution in [0.3, 0.4) is 0 Å². The quantitative estimate of drug-likeness (QED) is 0.338. The molecular weight excluding hydrogens is 394 g/mol. The van der Waals surface area contributed by atoms with Crippen molar-refractivity contribution in [2.45, 2.75) is 57.7 Å². The predicted molar refractivity (Wildman–Crippen MR) is 119 cm³/mol. The number of hydrogen-bond acceptors (Lipinski definition) is 6. The Morgan fingerprint density at radius 2 is 1.94 bits per heavy atom. The van der Waals surface area contributed by atoms with Crippen LogP contribution in [0.1, 0.15) is 60.0 Å². The maximum absolute atomic E-state index is 12.7. The summed E-state index contributed by atoms with van der Waals surface area (Å²) in [6.07, 6.45) is 5.19. The number of nitrogens with two attached hydrogens (primary N) is 1. The molecule has 0 aliphatic carbocycles. The third-order valence-corrected chi connectivity index (χ3v) is 6.05. The second-order valence-corrected chi connectivity index (χ2v) is 8.57. The van der Waals surface area contributed by atoms with Gasteiger partial charge in [-0.15, -0.1) is 0 Å². The van der Waals surface area contributed by atoms with E-state index in [4.69, 9.17) is 5.73 Å². The summed E-state index contributed by atoms with van der Waals surface area (Å²) in [6, 6.07) is 5.32. The van der Waals surface area contributed by atoms with Crippen LogP contribution in [0, 0.1) is 0 Å². The van der Waals surface area contributed by atoms with Crippen molar-refractivity contribution < 1.29 is 14.4 Å². The summed E-state index contributed by atoms with van der Waals surface area (Å²) >= 11 is 0. The fourth-order valence-electron chi connectivity index (χ4n) is 4.24. The van der Waals surface area contributed by atoms with E-state index in [0.717, 1.165) is 69.5 Å². The van der Waals surface area contributed by atoms with Crippen molar-refractivity contribution >= 4 is 17.7 Å². The van der Waals surface area contributed by atoms with E-state index < -0.39 is 6.04 Å². The lowest BCUT2D eigenvalue weighted by molar-refractivity contribution is -0.136. The average molecular weight is 430 g/mol. The fourth-order valence-corrected chi connectivity index (χ4v) is 4.24. The molecule has 1 aromatic carbocycles. The van der Waals surface area contributed by atoms with Crippen LogP contribution in [0.5, 0.6) is 0 Å². The minimum Gasteiger partial charge on any atom is -0.330 e. The van der Waals surface area contributed by atoms with Crippen LogP contribution >= 0.6 is 0 Å². The van der Waals surface area contributed by atoms with Crippen LogP contribution in [0.4, 0.5) is 0 Å². The molecule has 1 saturated heterocycles. The predicted octanol–water partition coefficient (Wildman–Crippen LogP) is 0.988. The molecule has 31 heavy (non-hydrogen) atoms. The van der Waals surface area contributed by atoms with Gasteiger partial charge in [0.2, 0.25) is 11.8 Å². The molecule has 0 aromatic heterocycles. The highest BCUT2D eigenvalue weighted by atomic mass is 16.2. The number of carbonyl (C=O) groups excluding carboxylic acids is 3. The molecule has 3 amide bonds. The number of amides is 3. The molecule has 1 unspecified atom stereocenters. The summed E-state index contributed by atoms with van der Waals surface area (Å²) in [7, 11) is 2.16. The highest BCUT2D eigenvalue weighted by Gasteiger charge is 2.38. The molecule has 2 aliphatic heterocycles. The Labute approximate surface area is 184 Å². The first kappa shape index (κ1) is 23.4. The van der Waals surface area contributed by atoms with Crippen LogP contribution in [-0.2, 0) is 22.7 Å². The van der Waals surface area contributed by atoms with Crippen LogP contribution in [0.2, 0.25) is 0 Å². The normalized spacial score (nSPS) is 18.6. The van der Waals surface area contributed by atoms with Gasteiger partial charge in [0.1, 0.15) is 6.04 Å². The SMILES string of the molecule is CN(CCCCN)CCCCNCc1ccc2c(c1)CN(C1CCC(=O)NC1=O)C2=O. The molecule has 8 nitrogen and oxygen atoms in total. The minimum atomic E-state index is -0.562. The minimum absolute atomic E-state index is 0.125. The number of carbonyl (C=O) groups is 3. The average Bonchev–Trinajstić information content (AvgIpc) is 3.06. The fraction of sp³-hybridized carbons (Fsp3) is 0.609. The molecule has 0 saturated carbocycles. The third kappa shape index (κ3) is 6.35. The molecule has 0 radical (unpaired) electrons. The Morgan fingerprint density at radius 1 is 1.16 bits per heavy atom. The van der Waals surface area contributed by atoms with Gasteiger partial charge in [0.25, 0.3) is 5.91 Å². The molecule has 170 valence electrons. The molecule has 3 rings (SSSR count). The number of hydrogen-bond donors (Lipinski definition) is 3. The third-order valence-electron chi connectivity index (χ3n) is 6.05. The Bertz CT molecular complexity index is 797. The van der Waals surface area contributed by atoms with E-state index in [1.165, 1.54) is 0 Å². The summed E-state index contributed by atoms with van der Waals surface area (Å²) in [4.78, 5) is 40.2. The summed E-state index contributed by atoms with van der Waals surface area (Å²) in [5.41, 5.74) is 8.28. The molecule has 1 atom stereocenters. The molecule has 2 heterocycles. The molecule has 4 N–H and O–H groups in total. The second-order valence-electron chi connectivity index (χ2n) is 8.57. The Hall–Kier alpha value is -2.29. The lowest BCUT2D eigenvalue weighted by atomic mass is 10.0. The van der Waals surface area contributed by atoms with Gasteiger partial charge in [-0.05, 0) is 82.5 Å². The van der Waals surface area contributed by atoms with Gasteiger partial charge in [0, 0.05) is 25.1 Å². The number of imide groups is 1. The van der Waals surface area contributed by atoms with Crippen molar-refractivity contribution in [2.75, 3.05) is 33.2 Å². The van der Waals surface area contributed by atoms with Crippen LogP contribution in [-0.4, -0.2) is 66.8 Å². The highest BCUT2D eigenvalue weighted by Crippen LogP contribution is 2.28. The summed E-state index contributed by atoms with van der Waals surface area (Å²) in [5.74, 6) is -0.763. The standard InChI is InChI=1S/C23H35N5O3/c1-27(12-4-2-10-24)13-5-3-11-25-15-17-6-7-19-18(14-17)16-28(23(19)31)20-8-9-21(29)26-22(20)30/h6-7,14,20,25H,2-5,8-13,15-16,24H2,1H3,(H,26,29,30). The molecule has 1 fully saturated rings. The topological polar surface area (TPSA) is 108 Å². The van der Waals surface area contributed by atoms with E-state index in [-0.39, 0.29) is 24.1 Å². The van der Waals surface area contributed by atoms with Crippen LogP contribution < -0.4 is 16.4 Å². The smallest absolute Gasteiger partial charge is 0.255 e. The molecule has 2 aliphatic rings. The highest BCUT2D eigenvalue weighted by molar-refractivity contribution is 6.05. The first-order chi connectivity index (χ1) is 15.0. The summed E-state index contributed by atoms with van der Waals surface area (Å²) < 4.78 is 0. The Balaban J connectivity index is 1.40. The monoisotopic (exact) mass is 429 g/mol. The maximum atomic E-state index is 12.7. The van der Waals surface area contributed by atoms with Gasteiger partial charge in [0.05, 0.1) is 0 Å². The molecule has 8 heteroatoms. The van der Waals surface area contributed by atoms with Gasteiger partial charge < -0.3 is 20.9 Å². The summed E-state index contributed by atoms with van der Waals surface area (Å²) in [6.45, 7) is 5.10. The zero-order valence-electron chi connectivity index (χ0n) is 18.5. The zero-order valence-corrected chi connectivity index (χ0v) is 18.5. The van der Waals surface area contributed by atoms with Gasteiger partial charge >= 0.3 is 0 Å². The largest absolute Gasteiger partial charge is 0.330 e. The van der Waals surface area contributed by atoms with Gasteiger partial charge in [-0.1, -0.05) is 12.1 Å². The lowest BCUT2D eigenvalue weighted by Gasteiger charge is -2.29. The lowest BCUT2D eigenvalue weighted by Crippen LogP contribution is -2.52. The maximum Gasteiger partial charge on any atom is 0.255 e. The number of rotatable bonds is 12. The number of nitrogens with one attached hydrogen (secondary N) is 2. The first-order valence-electron chi connectivity index (χ1n) is 11.4. The summed E-state index contributed by atoms with van der Waals surface area (Å²) in [5, 5.41) is 5.82. The number of unbranched alkanes of at least 4 members (excludes halogenated alkanes) is 2. The van der Waals surface area contributed by atoms with Crippen LogP contribution in [0.25, 0.3) is 0 Å². The number of fused-ring (bicyclic) bond motifs is 1. The van der Waals surface area contributed by atoms with Gasteiger partial charge in [-0.3, -0.25) is 19.7 Å². The van der Waals surface area contributed by atoms with Gasteiger partial charge in [0.15, 0.2) is 0 Å². The van der Waals surface area contributed by atoms with E-state index in [1.807, 2.05) is 12.1 Å². The first-order valence-corrected chi connectivity index (χ1v) is 11.4. The number of nitrogens with zero attached hydrogens (tertiary/aromatic N) is 2. The molecule has 0 spiro atoms. The van der Waals surface area contributed by atoms with E-state index in [0.29, 0.717) is 18.5 Å². The Kier molecular flexibility index (Phi) is 8.57. The van der Waals surface area contributed by atoms with E-state index >= 15 is 0 Å². The van der Waals surface area contributed by atoms with Crippen LogP contribution in [0.15, 0.2) is 18.2 Å². The van der Waals surface area contributed by atoms with Crippen molar-refractivity contribution in [1.29, 1.82) is 0 Å². The van der Waals surface area contributed by atoms with Crippen molar-refractivity contribution in [3.8, 4) is 0 Å². The van der Waals surface area contributed by atoms with E-state index in [9.17, 15) is 14.4 Å². The zero-order chi connectivity index (χ0) is 22.2. The number of piperidine rings is 1. The van der Waals surface area contributed by atoms with Gasteiger partial charge in [-0.2, -0.15) is 0 Å². The molecular formula is C23H35N5O3. The molecule has 1 aromatic rings. The molecule has 0 bridgehead atoms. The van der Waals surface area contributed by atoms with Crippen molar-refractivity contribution in [3.63, 3.8) is 0 Å². The van der Waals surface area contributed by atoms with E-state index in [1.54, 1.807) is 4.90 Å². The van der Waals surface area contributed by atoms with Crippen molar-refractivity contribution in [2.24, 2.45) is 5.73 Å². The van der Waals surface area contributed by atoms with Crippen molar-refractivity contribution in [3.05, 3.63) is 34.9 Å². The second kappa shape index (κ2) is 11.4.